The highest BCUT2D eigenvalue weighted by Gasteiger charge is 2.18. The van der Waals surface area contributed by atoms with Crippen molar-refractivity contribution in [3.8, 4) is 0 Å². The lowest BCUT2D eigenvalue weighted by molar-refractivity contribution is -0.155. The zero-order valence-electron chi connectivity index (χ0n) is 10.6. The number of amides is 1. The zero-order valence-corrected chi connectivity index (χ0v) is 10.6. The molecule has 0 bridgehead atoms. The molecule has 7 nitrogen and oxygen atoms in total. The summed E-state index contributed by atoms with van der Waals surface area (Å²) in [6.45, 7) is 8.51. The van der Waals surface area contributed by atoms with E-state index in [2.05, 4.69) is 22.0 Å². The third-order valence-corrected chi connectivity index (χ3v) is 1.73. The monoisotopic (exact) mass is 252 g/mol. The quantitative estimate of drug-likeness (QED) is 0.631. The van der Waals surface area contributed by atoms with Gasteiger partial charge in [-0.15, -0.1) is 0 Å². The van der Waals surface area contributed by atoms with Gasteiger partial charge < -0.3 is 4.74 Å². The van der Waals surface area contributed by atoms with E-state index in [-0.39, 0.29) is 12.5 Å². The number of nitrogens with zero attached hydrogens (tertiary/aromatic N) is 3. The van der Waals surface area contributed by atoms with Gasteiger partial charge in [-0.2, -0.15) is 10.1 Å². The van der Waals surface area contributed by atoms with Crippen LogP contribution in [0.2, 0.25) is 0 Å². The van der Waals surface area contributed by atoms with Crippen LogP contribution >= 0.6 is 0 Å². The molecule has 0 aliphatic carbocycles. The molecule has 0 saturated heterocycles. The van der Waals surface area contributed by atoms with Gasteiger partial charge in [0.05, 0.1) is 0 Å². The fraction of sp³-hybridized carbons (Fsp3) is 0.455. The molecule has 0 radical (unpaired) electrons. The number of carbonyl (C=O) groups excluding carboxylic acids is 2. The maximum Gasteiger partial charge on any atom is 0.328 e. The smallest absolute Gasteiger partial charge is 0.328 e. The van der Waals surface area contributed by atoms with Crippen molar-refractivity contribution in [1.29, 1.82) is 0 Å². The first-order valence-electron chi connectivity index (χ1n) is 5.35. The molecule has 1 amide bonds. The van der Waals surface area contributed by atoms with Crippen LogP contribution in [0.1, 0.15) is 20.8 Å². The van der Waals surface area contributed by atoms with Gasteiger partial charge in [-0.25, -0.2) is 4.68 Å². The summed E-state index contributed by atoms with van der Waals surface area (Å²) in [5, 5.41) is 6.26. The molecule has 18 heavy (non-hydrogen) atoms. The Hall–Kier alpha value is -2.18. The lowest BCUT2D eigenvalue weighted by Gasteiger charge is -2.19. The predicted octanol–water partition coefficient (Wildman–Crippen LogP) is 0.744. The lowest BCUT2D eigenvalue weighted by atomic mass is 10.2. The van der Waals surface area contributed by atoms with Crippen molar-refractivity contribution < 1.29 is 14.3 Å². The Bertz CT molecular complexity index is 459. The Kier molecular flexibility index (Phi) is 4.19. The Labute approximate surface area is 105 Å². The van der Waals surface area contributed by atoms with Crippen molar-refractivity contribution in [3.05, 3.63) is 19.0 Å². The van der Waals surface area contributed by atoms with E-state index in [0.29, 0.717) is 0 Å². The number of esters is 1. The van der Waals surface area contributed by atoms with Crippen LogP contribution in [0.3, 0.4) is 0 Å². The Balaban J connectivity index is 2.68. The topological polar surface area (TPSA) is 86.1 Å². The molecule has 0 atom stereocenters. The molecule has 0 spiro atoms. The SMILES string of the molecule is C=CC(=O)Nc1ncnn1CC(=O)OC(C)(C)C. The van der Waals surface area contributed by atoms with Crippen molar-refractivity contribution in [1.82, 2.24) is 14.8 Å². The highest BCUT2D eigenvalue weighted by molar-refractivity contribution is 5.97. The molecule has 0 saturated carbocycles. The summed E-state index contributed by atoms with van der Waals surface area (Å²) in [7, 11) is 0. The van der Waals surface area contributed by atoms with Crippen LogP contribution in [0, 0.1) is 0 Å². The molecule has 98 valence electrons. The van der Waals surface area contributed by atoms with Crippen molar-refractivity contribution in [2.75, 3.05) is 5.32 Å². The van der Waals surface area contributed by atoms with E-state index >= 15 is 0 Å². The zero-order chi connectivity index (χ0) is 13.8. The normalized spacial score (nSPS) is 10.8. The second kappa shape index (κ2) is 5.44. The van der Waals surface area contributed by atoms with E-state index in [1.165, 1.54) is 11.0 Å². The van der Waals surface area contributed by atoms with Crippen molar-refractivity contribution in [3.63, 3.8) is 0 Å². The second-order valence-corrected chi connectivity index (χ2v) is 4.52. The number of hydrogen-bond donors (Lipinski definition) is 1. The number of anilines is 1. The molecular weight excluding hydrogens is 236 g/mol. The van der Waals surface area contributed by atoms with Crippen LogP contribution in [-0.4, -0.2) is 32.2 Å². The number of rotatable bonds is 4. The molecule has 0 fully saturated rings. The summed E-state index contributed by atoms with van der Waals surface area (Å²) in [5.74, 6) is -0.707. The van der Waals surface area contributed by atoms with Gasteiger partial charge in [0.25, 0.3) is 0 Å². The molecule has 0 aliphatic heterocycles. The van der Waals surface area contributed by atoms with Crippen LogP contribution in [0.25, 0.3) is 0 Å². The Morgan fingerprint density at radius 2 is 2.22 bits per heavy atom. The van der Waals surface area contributed by atoms with Crippen LogP contribution in [0.5, 0.6) is 0 Å². The summed E-state index contributed by atoms with van der Waals surface area (Å²) in [6, 6.07) is 0. The van der Waals surface area contributed by atoms with Crippen LogP contribution in [0.4, 0.5) is 5.95 Å². The fourth-order valence-corrected chi connectivity index (χ4v) is 1.13. The average molecular weight is 252 g/mol. The minimum Gasteiger partial charge on any atom is -0.459 e. The molecule has 0 aromatic carbocycles. The average Bonchev–Trinajstić information content (AvgIpc) is 2.62. The fourth-order valence-electron chi connectivity index (χ4n) is 1.13. The number of nitrogens with one attached hydrogen (secondary N) is 1. The molecule has 0 aliphatic rings. The summed E-state index contributed by atoms with van der Waals surface area (Å²) in [6.07, 6.45) is 2.34. The first kappa shape index (κ1) is 13.9. The molecule has 0 unspecified atom stereocenters. The Morgan fingerprint density at radius 1 is 1.56 bits per heavy atom. The summed E-state index contributed by atoms with van der Waals surface area (Å²) in [4.78, 5) is 26.5. The lowest BCUT2D eigenvalue weighted by Crippen LogP contribution is -2.27. The molecular formula is C11H16N4O3. The van der Waals surface area contributed by atoms with Gasteiger partial charge >= 0.3 is 5.97 Å². The molecule has 1 heterocycles. The predicted molar refractivity (Wildman–Crippen MR) is 64.7 cm³/mol. The van der Waals surface area contributed by atoms with Crippen LogP contribution in [-0.2, 0) is 20.9 Å². The molecule has 1 N–H and O–H groups in total. The highest BCUT2D eigenvalue weighted by atomic mass is 16.6. The number of carbonyl (C=O) groups is 2. The third kappa shape index (κ3) is 4.36. The first-order valence-corrected chi connectivity index (χ1v) is 5.35. The van der Waals surface area contributed by atoms with Gasteiger partial charge in [0.2, 0.25) is 11.9 Å². The largest absolute Gasteiger partial charge is 0.459 e. The summed E-state index contributed by atoms with van der Waals surface area (Å²) < 4.78 is 6.38. The standard InChI is InChI=1S/C11H16N4O3/c1-5-8(16)14-10-12-7-13-15(10)6-9(17)18-11(2,3)4/h5,7H,1,6H2,2-4H3,(H,12,13,14,16). The van der Waals surface area contributed by atoms with Gasteiger partial charge in [0, 0.05) is 0 Å². The van der Waals surface area contributed by atoms with Gasteiger partial charge in [-0.1, -0.05) is 6.58 Å². The molecule has 1 aromatic rings. The third-order valence-electron chi connectivity index (χ3n) is 1.73. The van der Waals surface area contributed by atoms with Gasteiger partial charge in [0.15, 0.2) is 0 Å². The van der Waals surface area contributed by atoms with E-state index < -0.39 is 17.5 Å². The van der Waals surface area contributed by atoms with Gasteiger partial charge in [0.1, 0.15) is 18.5 Å². The maximum atomic E-state index is 11.6. The van der Waals surface area contributed by atoms with Crippen LogP contribution < -0.4 is 5.32 Å². The van der Waals surface area contributed by atoms with E-state index in [4.69, 9.17) is 4.74 Å². The second-order valence-electron chi connectivity index (χ2n) is 4.52. The van der Waals surface area contributed by atoms with Crippen molar-refractivity contribution >= 4 is 17.8 Å². The summed E-state index contributed by atoms with van der Waals surface area (Å²) in [5.41, 5.74) is -0.567. The molecule has 1 aromatic heterocycles. The van der Waals surface area contributed by atoms with Gasteiger partial charge in [-0.3, -0.25) is 14.9 Å². The molecule has 1 rings (SSSR count). The van der Waals surface area contributed by atoms with E-state index in [0.717, 1.165) is 6.08 Å². The first-order chi connectivity index (χ1) is 8.31. The van der Waals surface area contributed by atoms with Gasteiger partial charge in [-0.05, 0) is 26.8 Å². The minimum absolute atomic E-state index is 0.121. The summed E-state index contributed by atoms with van der Waals surface area (Å²) >= 11 is 0. The van der Waals surface area contributed by atoms with Crippen molar-refractivity contribution in [2.24, 2.45) is 0 Å². The minimum atomic E-state index is -0.567. The maximum absolute atomic E-state index is 11.6. The van der Waals surface area contributed by atoms with E-state index in [1.807, 2.05) is 0 Å². The van der Waals surface area contributed by atoms with E-state index in [1.54, 1.807) is 20.8 Å². The van der Waals surface area contributed by atoms with E-state index in [9.17, 15) is 9.59 Å². The molecule has 7 heteroatoms. The highest BCUT2D eigenvalue weighted by Crippen LogP contribution is 2.09. The van der Waals surface area contributed by atoms with Crippen molar-refractivity contribution in [2.45, 2.75) is 32.9 Å². The number of aromatic nitrogens is 3. The Morgan fingerprint density at radius 3 is 2.78 bits per heavy atom. The number of ether oxygens (including phenoxy) is 1. The van der Waals surface area contributed by atoms with Crippen LogP contribution in [0.15, 0.2) is 19.0 Å². The number of hydrogen-bond acceptors (Lipinski definition) is 5.